The standard InChI is InChI=1S/C13H15F3N2O3S/c14-13(15,16)22(21)11-3-1-10(2-4-11)17-12(20)18-6-5-9(7-18)8-19/h1-4,9,19H,5-8H2,(H,17,20). The first-order chi connectivity index (χ1) is 10.3. The van der Waals surface area contributed by atoms with Gasteiger partial charge in [0, 0.05) is 36.2 Å². The molecule has 2 unspecified atom stereocenters. The lowest BCUT2D eigenvalue weighted by molar-refractivity contribution is -0.0384. The molecular formula is C13H15F3N2O3S. The molecule has 5 nitrogen and oxygen atoms in total. The third-order valence-electron chi connectivity index (χ3n) is 3.36. The van der Waals surface area contributed by atoms with Gasteiger partial charge in [0.15, 0.2) is 10.8 Å². The van der Waals surface area contributed by atoms with E-state index in [2.05, 4.69) is 5.32 Å². The number of likely N-dealkylation sites (tertiary alicyclic amines) is 1. The summed E-state index contributed by atoms with van der Waals surface area (Å²) in [5.41, 5.74) is -4.49. The third-order valence-corrected chi connectivity index (χ3v) is 4.48. The van der Waals surface area contributed by atoms with Crippen LogP contribution in [0.25, 0.3) is 0 Å². The van der Waals surface area contributed by atoms with E-state index in [1.54, 1.807) is 0 Å². The SMILES string of the molecule is O=C(Nc1ccc(S(=O)C(F)(F)F)cc1)N1CCC(CO)C1. The molecule has 0 spiro atoms. The van der Waals surface area contributed by atoms with Crippen molar-refractivity contribution < 1.29 is 27.3 Å². The van der Waals surface area contributed by atoms with Crippen LogP contribution < -0.4 is 5.32 Å². The van der Waals surface area contributed by atoms with Crippen LogP contribution in [0.5, 0.6) is 0 Å². The molecule has 0 saturated carbocycles. The Morgan fingerprint density at radius 3 is 2.50 bits per heavy atom. The van der Waals surface area contributed by atoms with E-state index in [4.69, 9.17) is 5.11 Å². The highest BCUT2D eigenvalue weighted by molar-refractivity contribution is 7.86. The van der Waals surface area contributed by atoms with E-state index >= 15 is 0 Å². The van der Waals surface area contributed by atoms with Gasteiger partial charge in [0.2, 0.25) is 0 Å². The van der Waals surface area contributed by atoms with Gasteiger partial charge < -0.3 is 15.3 Å². The molecule has 1 aromatic carbocycles. The summed E-state index contributed by atoms with van der Waals surface area (Å²) in [6.07, 6.45) is 0.716. The fourth-order valence-electron chi connectivity index (χ4n) is 2.16. The molecule has 1 fully saturated rings. The maximum absolute atomic E-state index is 12.3. The van der Waals surface area contributed by atoms with Gasteiger partial charge in [-0.1, -0.05) is 0 Å². The van der Waals surface area contributed by atoms with Crippen LogP contribution in [0.4, 0.5) is 23.7 Å². The van der Waals surface area contributed by atoms with E-state index in [0.717, 1.165) is 12.1 Å². The molecule has 1 aliphatic rings. The van der Waals surface area contributed by atoms with Gasteiger partial charge >= 0.3 is 11.5 Å². The van der Waals surface area contributed by atoms with Crippen molar-refractivity contribution in [3.8, 4) is 0 Å². The number of benzene rings is 1. The number of nitrogens with one attached hydrogen (secondary N) is 1. The number of carbonyl (C=O) groups is 1. The van der Waals surface area contributed by atoms with Gasteiger partial charge in [0.25, 0.3) is 0 Å². The summed E-state index contributed by atoms with van der Waals surface area (Å²) in [6.45, 7) is 0.980. The lowest BCUT2D eigenvalue weighted by atomic mass is 10.1. The fourth-order valence-corrected chi connectivity index (χ4v) is 2.81. The number of anilines is 1. The normalized spacial score (nSPS) is 20.0. The largest absolute Gasteiger partial charge is 0.475 e. The van der Waals surface area contributed by atoms with E-state index in [1.165, 1.54) is 17.0 Å². The fraction of sp³-hybridized carbons (Fsp3) is 0.462. The topological polar surface area (TPSA) is 69.6 Å². The van der Waals surface area contributed by atoms with Crippen molar-refractivity contribution in [1.82, 2.24) is 4.90 Å². The number of rotatable bonds is 3. The summed E-state index contributed by atoms with van der Waals surface area (Å²) < 4.78 is 48.1. The van der Waals surface area contributed by atoms with Gasteiger partial charge in [-0.2, -0.15) is 13.2 Å². The molecule has 1 aliphatic heterocycles. The Kier molecular flexibility index (Phi) is 5.07. The molecule has 0 aromatic heterocycles. The maximum Gasteiger partial charge on any atom is 0.475 e. The Bertz CT molecular complexity index is 563. The highest BCUT2D eigenvalue weighted by atomic mass is 32.2. The Hall–Kier alpha value is -1.61. The lowest BCUT2D eigenvalue weighted by Gasteiger charge is -2.17. The average molecular weight is 336 g/mol. The zero-order valence-corrected chi connectivity index (χ0v) is 12.3. The Morgan fingerprint density at radius 1 is 1.36 bits per heavy atom. The predicted octanol–water partition coefficient (Wildman–Crippen LogP) is 2.16. The summed E-state index contributed by atoms with van der Waals surface area (Å²) in [5.74, 6) is 0.0577. The monoisotopic (exact) mass is 336 g/mol. The first kappa shape index (κ1) is 16.8. The molecule has 2 N–H and O–H groups in total. The van der Waals surface area contributed by atoms with Crippen LogP contribution in [0.2, 0.25) is 0 Å². The number of amides is 2. The highest BCUT2D eigenvalue weighted by Gasteiger charge is 2.37. The molecule has 0 radical (unpaired) electrons. The van der Waals surface area contributed by atoms with Crippen molar-refractivity contribution in [3.05, 3.63) is 24.3 Å². The number of carbonyl (C=O) groups excluding carboxylic acids is 1. The Morgan fingerprint density at radius 2 is 2.00 bits per heavy atom. The molecule has 0 aliphatic carbocycles. The first-order valence-electron chi connectivity index (χ1n) is 6.56. The Balaban J connectivity index is 1.97. The van der Waals surface area contributed by atoms with Crippen LogP contribution in [-0.2, 0) is 10.8 Å². The van der Waals surface area contributed by atoms with E-state index in [1.807, 2.05) is 0 Å². The van der Waals surface area contributed by atoms with Gasteiger partial charge in [-0.15, -0.1) is 0 Å². The summed E-state index contributed by atoms with van der Waals surface area (Å²) in [5, 5.41) is 11.6. The number of hydrogen-bond acceptors (Lipinski definition) is 3. The number of halogens is 3. The van der Waals surface area contributed by atoms with E-state index in [9.17, 15) is 22.2 Å². The molecule has 0 bridgehead atoms. The second kappa shape index (κ2) is 6.66. The van der Waals surface area contributed by atoms with Gasteiger partial charge in [0.05, 0.1) is 0 Å². The van der Waals surface area contributed by atoms with Gasteiger partial charge in [-0.3, -0.25) is 0 Å². The molecule has 2 atom stereocenters. The first-order valence-corrected chi connectivity index (χ1v) is 7.71. The van der Waals surface area contributed by atoms with Crippen LogP contribution in [0.1, 0.15) is 6.42 Å². The van der Waals surface area contributed by atoms with Crippen LogP contribution in [-0.4, -0.2) is 45.5 Å². The van der Waals surface area contributed by atoms with Crippen molar-refractivity contribution in [2.24, 2.45) is 5.92 Å². The maximum atomic E-state index is 12.3. The molecule has 1 saturated heterocycles. The predicted molar refractivity (Wildman–Crippen MR) is 74.7 cm³/mol. The second-order valence-electron chi connectivity index (χ2n) is 4.95. The van der Waals surface area contributed by atoms with Crippen molar-refractivity contribution in [1.29, 1.82) is 0 Å². The van der Waals surface area contributed by atoms with Crippen LogP contribution in [0.3, 0.4) is 0 Å². The number of hydrogen-bond donors (Lipinski definition) is 2. The number of aliphatic hydroxyl groups excluding tert-OH is 1. The summed E-state index contributed by atoms with van der Waals surface area (Å²) in [4.78, 5) is 13.1. The molecule has 9 heteroatoms. The van der Waals surface area contributed by atoms with Crippen molar-refractivity contribution in [2.75, 3.05) is 25.0 Å². The minimum atomic E-state index is -4.81. The molecule has 1 aromatic rings. The zero-order valence-electron chi connectivity index (χ0n) is 11.5. The smallest absolute Gasteiger partial charge is 0.396 e. The molecule has 22 heavy (non-hydrogen) atoms. The molecule has 1 heterocycles. The third kappa shape index (κ3) is 3.98. The molecular weight excluding hydrogens is 321 g/mol. The quantitative estimate of drug-likeness (QED) is 0.889. The van der Waals surface area contributed by atoms with Crippen LogP contribution in [0, 0.1) is 5.92 Å². The summed E-state index contributed by atoms with van der Waals surface area (Å²) >= 11 is 0. The van der Waals surface area contributed by atoms with Crippen LogP contribution >= 0.6 is 0 Å². The van der Waals surface area contributed by atoms with Gasteiger partial charge in [0.1, 0.15) is 0 Å². The number of urea groups is 1. The zero-order chi connectivity index (χ0) is 16.3. The summed E-state index contributed by atoms with van der Waals surface area (Å²) in [6, 6.07) is 4.31. The second-order valence-corrected chi connectivity index (χ2v) is 6.42. The minimum Gasteiger partial charge on any atom is -0.396 e. The van der Waals surface area contributed by atoms with E-state index in [-0.39, 0.29) is 23.5 Å². The molecule has 122 valence electrons. The van der Waals surface area contributed by atoms with Crippen molar-refractivity contribution in [2.45, 2.75) is 16.8 Å². The van der Waals surface area contributed by atoms with Gasteiger partial charge in [-0.25, -0.2) is 9.00 Å². The molecule has 2 amide bonds. The van der Waals surface area contributed by atoms with Crippen LogP contribution in [0.15, 0.2) is 29.2 Å². The number of nitrogens with zero attached hydrogens (tertiary/aromatic N) is 1. The molecule has 2 rings (SSSR count). The van der Waals surface area contributed by atoms with E-state index in [0.29, 0.717) is 25.2 Å². The average Bonchev–Trinajstić information content (AvgIpc) is 2.95. The van der Waals surface area contributed by atoms with Crippen molar-refractivity contribution >= 4 is 22.5 Å². The highest BCUT2D eigenvalue weighted by Crippen LogP contribution is 2.27. The number of alkyl halides is 3. The van der Waals surface area contributed by atoms with E-state index < -0.39 is 16.3 Å². The van der Waals surface area contributed by atoms with Gasteiger partial charge in [-0.05, 0) is 30.7 Å². The summed E-state index contributed by atoms with van der Waals surface area (Å²) in [7, 11) is -3.08. The number of aliphatic hydroxyl groups is 1. The van der Waals surface area contributed by atoms with Crippen molar-refractivity contribution in [3.63, 3.8) is 0 Å². The lowest BCUT2D eigenvalue weighted by Crippen LogP contribution is -2.33. The Labute approximate surface area is 127 Å². The minimum absolute atomic E-state index is 0.0156.